The molecule has 0 amide bonds. The molecular weight excluding hydrogens is 378 g/mol. The van der Waals surface area contributed by atoms with Crippen LogP contribution in [-0.4, -0.2) is 28.2 Å². The standard InChI is InChI=1S/C27H38B2O2/c1-3-5-7-9-15-27(16-10-8-6-4-2)25-19-21(28)11-13-23(25)24-14-12-22(20-26(24)27)29-30-17-18-31-29/h11-14,19-20H,3-10,15-18,28H2,1-2H3. The predicted molar refractivity (Wildman–Crippen MR) is 136 cm³/mol. The maximum atomic E-state index is 5.87. The highest BCUT2D eigenvalue weighted by molar-refractivity contribution is 6.61. The van der Waals surface area contributed by atoms with E-state index in [9.17, 15) is 0 Å². The molecule has 1 aliphatic carbocycles. The molecule has 1 saturated heterocycles. The summed E-state index contributed by atoms with van der Waals surface area (Å²) in [6, 6.07) is 14.1. The fourth-order valence-electron chi connectivity index (χ4n) is 5.69. The van der Waals surface area contributed by atoms with Crippen LogP contribution in [0.25, 0.3) is 11.1 Å². The fourth-order valence-corrected chi connectivity index (χ4v) is 5.69. The molecule has 31 heavy (non-hydrogen) atoms. The van der Waals surface area contributed by atoms with Crippen molar-refractivity contribution in [1.82, 2.24) is 0 Å². The Balaban J connectivity index is 1.76. The van der Waals surface area contributed by atoms with Gasteiger partial charge in [0.05, 0.1) is 13.2 Å². The lowest BCUT2D eigenvalue weighted by Gasteiger charge is -2.33. The Bertz CT molecular complexity index is 862. The number of fused-ring (bicyclic) bond motifs is 3. The molecule has 0 saturated carbocycles. The quantitative estimate of drug-likeness (QED) is 0.384. The van der Waals surface area contributed by atoms with Gasteiger partial charge in [-0.2, -0.15) is 0 Å². The first-order valence-corrected chi connectivity index (χ1v) is 12.7. The van der Waals surface area contributed by atoms with E-state index in [0.717, 1.165) is 0 Å². The van der Waals surface area contributed by atoms with Gasteiger partial charge in [0, 0.05) is 5.41 Å². The lowest BCUT2D eigenvalue weighted by atomic mass is 9.68. The molecule has 0 spiro atoms. The van der Waals surface area contributed by atoms with Gasteiger partial charge in [-0.05, 0) is 40.6 Å². The van der Waals surface area contributed by atoms with Crippen LogP contribution >= 0.6 is 0 Å². The van der Waals surface area contributed by atoms with E-state index in [-0.39, 0.29) is 12.5 Å². The summed E-state index contributed by atoms with van der Waals surface area (Å²) in [4.78, 5) is 0. The summed E-state index contributed by atoms with van der Waals surface area (Å²) >= 11 is 0. The summed E-state index contributed by atoms with van der Waals surface area (Å²) in [6.07, 6.45) is 13.0. The fraction of sp³-hybridized carbons (Fsp3) is 0.556. The van der Waals surface area contributed by atoms with Crippen molar-refractivity contribution in [3.8, 4) is 11.1 Å². The van der Waals surface area contributed by atoms with Gasteiger partial charge in [0.25, 0.3) is 0 Å². The summed E-state index contributed by atoms with van der Waals surface area (Å²) in [5.74, 6) is 0. The van der Waals surface area contributed by atoms with E-state index in [1.54, 1.807) is 5.56 Å². The van der Waals surface area contributed by atoms with Crippen LogP contribution in [0.4, 0.5) is 0 Å². The number of unbranched alkanes of at least 4 members (excludes halogenated alkanes) is 6. The van der Waals surface area contributed by atoms with E-state index in [4.69, 9.17) is 9.31 Å². The molecule has 0 bridgehead atoms. The van der Waals surface area contributed by atoms with Gasteiger partial charge in [-0.3, -0.25) is 0 Å². The molecular formula is C27H38B2O2. The molecule has 0 unspecified atom stereocenters. The minimum atomic E-state index is -0.200. The van der Waals surface area contributed by atoms with Crippen molar-refractivity contribution in [2.45, 2.75) is 83.5 Å². The Morgan fingerprint density at radius 2 is 1.35 bits per heavy atom. The second-order valence-corrected chi connectivity index (χ2v) is 9.63. The third-order valence-corrected chi connectivity index (χ3v) is 7.35. The topological polar surface area (TPSA) is 18.5 Å². The highest BCUT2D eigenvalue weighted by atomic mass is 16.6. The van der Waals surface area contributed by atoms with Crippen molar-refractivity contribution in [2.24, 2.45) is 0 Å². The van der Waals surface area contributed by atoms with Gasteiger partial charge in [0.2, 0.25) is 0 Å². The molecule has 2 aliphatic rings. The molecule has 1 aliphatic heterocycles. The van der Waals surface area contributed by atoms with Crippen LogP contribution in [0.3, 0.4) is 0 Å². The third-order valence-electron chi connectivity index (χ3n) is 7.35. The Morgan fingerprint density at radius 1 is 0.774 bits per heavy atom. The third kappa shape index (κ3) is 4.66. The zero-order chi connectivity index (χ0) is 21.7. The van der Waals surface area contributed by atoms with Crippen LogP contribution in [-0.2, 0) is 14.7 Å². The molecule has 1 heterocycles. The van der Waals surface area contributed by atoms with Crippen molar-refractivity contribution < 1.29 is 9.31 Å². The first-order chi connectivity index (χ1) is 15.2. The molecule has 1 fully saturated rings. The Morgan fingerprint density at radius 3 is 1.97 bits per heavy atom. The minimum Gasteiger partial charge on any atom is -0.405 e. The first kappa shape index (κ1) is 22.7. The van der Waals surface area contributed by atoms with E-state index < -0.39 is 0 Å². The molecule has 0 radical (unpaired) electrons. The monoisotopic (exact) mass is 416 g/mol. The van der Waals surface area contributed by atoms with E-state index in [1.165, 1.54) is 91.8 Å². The van der Waals surface area contributed by atoms with Gasteiger partial charge >= 0.3 is 7.12 Å². The zero-order valence-corrected chi connectivity index (χ0v) is 19.8. The van der Waals surface area contributed by atoms with Gasteiger partial charge < -0.3 is 9.31 Å². The number of benzene rings is 2. The summed E-state index contributed by atoms with van der Waals surface area (Å²) in [7, 11) is 2.04. The van der Waals surface area contributed by atoms with Gasteiger partial charge in [0.1, 0.15) is 7.85 Å². The Hall–Kier alpha value is -1.51. The van der Waals surface area contributed by atoms with Crippen molar-refractivity contribution in [2.75, 3.05) is 13.2 Å². The van der Waals surface area contributed by atoms with Crippen LogP contribution in [0.1, 0.15) is 89.2 Å². The highest BCUT2D eigenvalue weighted by Gasteiger charge is 2.43. The summed E-state index contributed by atoms with van der Waals surface area (Å²) in [5.41, 5.74) is 8.67. The molecule has 164 valence electrons. The zero-order valence-electron chi connectivity index (χ0n) is 19.8. The van der Waals surface area contributed by atoms with Gasteiger partial charge in [-0.25, -0.2) is 0 Å². The molecule has 0 aromatic heterocycles. The smallest absolute Gasteiger partial charge is 0.405 e. The number of rotatable bonds is 11. The summed E-state index contributed by atoms with van der Waals surface area (Å²) in [6.45, 7) is 6.00. The van der Waals surface area contributed by atoms with Crippen molar-refractivity contribution in [3.63, 3.8) is 0 Å². The average molecular weight is 416 g/mol. The maximum absolute atomic E-state index is 5.87. The Labute approximate surface area is 190 Å². The molecule has 2 aromatic carbocycles. The maximum Gasteiger partial charge on any atom is 0.494 e. The SMILES string of the molecule is Bc1ccc2c(c1)C(CCCCCC)(CCCCCC)c1cc(B3OCCO3)ccc1-2. The summed E-state index contributed by atoms with van der Waals surface area (Å²) < 4.78 is 11.7. The van der Waals surface area contributed by atoms with Gasteiger partial charge in [-0.15, -0.1) is 0 Å². The van der Waals surface area contributed by atoms with E-state index in [2.05, 4.69) is 58.1 Å². The lowest BCUT2D eigenvalue weighted by molar-refractivity contribution is 0.365. The second-order valence-electron chi connectivity index (χ2n) is 9.63. The van der Waals surface area contributed by atoms with Crippen molar-refractivity contribution >= 4 is 25.9 Å². The normalized spacial score (nSPS) is 16.5. The highest BCUT2D eigenvalue weighted by Crippen LogP contribution is 2.53. The average Bonchev–Trinajstić information content (AvgIpc) is 3.40. The van der Waals surface area contributed by atoms with Gasteiger partial charge in [-0.1, -0.05) is 107 Å². The Kier molecular flexibility index (Phi) is 7.61. The van der Waals surface area contributed by atoms with E-state index in [0.29, 0.717) is 13.2 Å². The van der Waals surface area contributed by atoms with Crippen molar-refractivity contribution in [1.29, 1.82) is 0 Å². The van der Waals surface area contributed by atoms with Gasteiger partial charge in [0.15, 0.2) is 0 Å². The van der Waals surface area contributed by atoms with Crippen LogP contribution in [0.15, 0.2) is 36.4 Å². The van der Waals surface area contributed by atoms with E-state index >= 15 is 0 Å². The predicted octanol–water partition coefficient (Wildman–Crippen LogP) is 4.89. The van der Waals surface area contributed by atoms with Crippen molar-refractivity contribution in [3.05, 3.63) is 47.5 Å². The minimum absolute atomic E-state index is 0.132. The first-order valence-electron chi connectivity index (χ1n) is 12.7. The largest absolute Gasteiger partial charge is 0.494 e. The summed E-state index contributed by atoms with van der Waals surface area (Å²) in [5, 5.41) is 0. The molecule has 2 nitrogen and oxygen atoms in total. The molecule has 4 heteroatoms. The number of hydrogen-bond donors (Lipinski definition) is 0. The lowest BCUT2D eigenvalue weighted by Crippen LogP contribution is -2.34. The second kappa shape index (κ2) is 10.4. The number of hydrogen-bond acceptors (Lipinski definition) is 2. The molecule has 0 N–H and O–H groups in total. The molecule has 0 atom stereocenters. The van der Waals surface area contributed by atoms with Crippen LogP contribution in [0, 0.1) is 0 Å². The molecule has 4 rings (SSSR count). The van der Waals surface area contributed by atoms with Crippen LogP contribution in [0.5, 0.6) is 0 Å². The molecule has 2 aromatic rings. The van der Waals surface area contributed by atoms with E-state index in [1.807, 2.05) is 0 Å². The van der Waals surface area contributed by atoms with Crippen LogP contribution < -0.4 is 10.9 Å². The van der Waals surface area contributed by atoms with Crippen LogP contribution in [0.2, 0.25) is 0 Å².